The van der Waals surface area contributed by atoms with Crippen molar-refractivity contribution in [1.29, 1.82) is 0 Å². The Morgan fingerprint density at radius 2 is 2.39 bits per heavy atom. The number of anilines is 1. The fourth-order valence-electron chi connectivity index (χ4n) is 3.15. The molecule has 18 heavy (non-hydrogen) atoms. The standard InChI is InChI=1S/C13H20N4S/c1-2-17-7-3-4-9(8-17)11-10-5-6-14-12(10)16-13(18)15-11/h9H,2-8H2,1H3,(H2,14,15,16,18). The molecule has 4 nitrogen and oxygen atoms in total. The molecule has 2 aliphatic rings. The monoisotopic (exact) mass is 264 g/mol. The van der Waals surface area contributed by atoms with Crippen molar-refractivity contribution in [2.45, 2.75) is 32.1 Å². The number of nitrogens with zero attached hydrogens (tertiary/aromatic N) is 2. The zero-order valence-corrected chi connectivity index (χ0v) is 11.6. The Labute approximate surface area is 113 Å². The molecule has 5 heteroatoms. The van der Waals surface area contributed by atoms with Crippen LogP contribution >= 0.6 is 12.2 Å². The zero-order valence-electron chi connectivity index (χ0n) is 10.8. The molecule has 0 bridgehead atoms. The van der Waals surface area contributed by atoms with Gasteiger partial charge < -0.3 is 15.2 Å². The van der Waals surface area contributed by atoms with E-state index in [-0.39, 0.29) is 0 Å². The molecule has 0 aliphatic carbocycles. The maximum atomic E-state index is 5.25. The average molecular weight is 264 g/mol. The number of nitrogens with one attached hydrogen (secondary N) is 2. The van der Waals surface area contributed by atoms with E-state index in [4.69, 9.17) is 12.2 Å². The second-order valence-electron chi connectivity index (χ2n) is 5.19. The SMILES string of the molecule is CCN1CCCC(c2[nH]c(=S)nc3c2CCN3)C1. The number of aromatic nitrogens is 2. The van der Waals surface area contributed by atoms with Gasteiger partial charge in [0.25, 0.3) is 0 Å². The lowest BCUT2D eigenvalue weighted by Gasteiger charge is -2.32. The molecule has 0 radical (unpaired) electrons. The van der Waals surface area contributed by atoms with Crippen molar-refractivity contribution in [3.8, 4) is 0 Å². The fraction of sp³-hybridized carbons (Fsp3) is 0.692. The third-order valence-corrected chi connectivity index (χ3v) is 4.29. The van der Waals surface area contributed by atoms with Gasteiger partial charge in [-0.05, 0) is 44.6 Å². The summed E-state index contributed by atoms with van der Waals surface area (Å²) < 4.78 is 0.617. The third-order valence-electron chi connectivity index (χ3n) is 4.09. The summed E-state index contributed by atoms with van der Waals surface area (Å²) in [5.41, 5.74) is 2.71. The molecule has 1 unspecified atom stereocenters. The lowest BCUT2D eigenvalue weighted by molar-refractivity contribution is 0.215. The van der Waals surface area contributed by atoms with Crippen LogP contribution < -0.4 is 5.32 Å². The van der Waals surface area contributed by atoms with Crippen LogP contribution in [0.2, 0.25) is 0 Å². The number of aromatic amines is 1. The molecule has 1 fully saturated rings. The number of likely N-dealkylation sites (tertiary alicyclic amines) is 1. The van der Waals surface area contributed by atoms with Gasteiger partial charge in [-0.3, -0.25) is 0 Å². The summed E-state index contributed by atoms with van der Waals surface area (Å²) >= 11 is 5.25. The molecule has 98 valence electrons. The van der Waals surface area contributed by atoms with Crippen LogP contribution in [0.3, 0.4) is 0 Å². The highest BCUT2D eigenvalue weighted by Crippen LogP contribution is 2.32. The maximum Gasteiger partial charge on any atom is 0.198 e. The van der Waals surface area contributed by atoms with Crippen molar-refractivity contribution < 1.29 is 0 Å². The van der Waals surface area contributed by atoms with Gasteiger partial charge >= 0.3 is 0 Å². The van der Waals surface area contributed by atoms with Gasteiger partial charge in [-0.1, -0.05) is 6.92 Å². The Morgan fingerprint density at radius 1 is 1.50 bits per heavy atom. The Hall–Kier alpha value is -0.940. The van der Waals surface area contributed by atoms with E-state index >= 15 is 0 Å². The van der Waals surface area contributed by atoms with Crippen LogP contribution in [0.5, 0.6) is 0 Å². The van der Waals surface area contributed by atoms with Crippen molar-refractivity contribution in [3.63, 3.8) is 0 Å². The highest BCUT2D eigenvalue weighted by atomic mass is 32.1. The van der Waals surface area contributed by atoms with Crippen LogP contribution in [0.15, 0.2) is 0 Å². The van der Waals surface area contributed by atoms with Crippen LogP contribution in [-0.2, 0) is 6.42 Å². The molecule has 3 rings (SSSR count). The Balaban J connectivity index is 1.94. The van der Waals surface area contributed by atoms with Crippen molar-refractivity contribution in [3.05, 3.63) is 16.0 Å². The molecule has 0 saturated carbocycles. The summed E-state index contributed by atoms with van der Waals surface area (Å²) in [6.45, 7) is 6.76. The number of rotatable bonds is 2. The van der Waals surface area contributed by atoms with Crippen molar-refractivity contribution in [2.24, 2.45) is 0 Å². The van der Waals surface area contributed by atoms with Gasteiger partial charge in [0.2, 0.25) is 0 Å². The molecule has 1 saturated heterocycles. The summed E-state index contributed by atoms with van der Waals surface area (Å²) in [5.74, 6) is 1.61. The predicted octanol–water partition coefficient (Wildman–Crippen LogP) is 2.31. The van der Waals surface area contributed by atoms with Crippen LogP contribution in [0.4, 0.5) is 5.82 Å². The minimum Gasteiger partial charge on any atom is -0.369 e. The smallest absolute Gasteiger partial charge is 0.198 e. The topological polar surface area (TPSA) is 44.0 Å². The van der Waals surface area contributed by atoms with E-state index in [1.54, 1.807) is 0 Å². The first-order valence-corrected chi connectivity index (χ1v) is 7.28. The molecule has 0 spiro atoms. The van der Waals surface area contributed by atoms with Crippen molar-refractivity contribution in [1.82, 2.24) is 14.9 Å². The third kappa shape index (κ3) is 2.17. The summed E-state index contributed by atoms with van der Waals surface area (Å²) in [5, 5.41) is 3.33. The van der Waals surface area contributed by atoms with E-state index < -0.39 is 0 Å². The van der Waals surface area contributed by atoms with Crippen molar-refractivity contribution >= 4 is 18.0 Å². The van der Waals surface area contributed by atoms with Gasteiger partial charge in [-0.2, -0.15) is 0 Å². The molecule has 2 N–H and O–H groups in total. The molecule has 0 aromatic carbocycles. The quantitative estimate of drug-likeness (QED) is 0.805. The Bertz CT molecular complexity index is 496. The minimum atomic E-state index is 0.594. The Morgan fingerprint density at radius 3 is 3.22 bits per heavy atom. The van der Waals surface area contributed by atoms with Crippen LogP contribution in [-0.4, -0.2) is 41.0 Å². The normalized spacial score (nSPS) is 23.7. The number of likely N-dealkylation sites (N-methyl/N-ethyl adjacent to an activating group) is 1. The summed E-state index contributed by atoms with van der Waals surface area (Å²) in [6.07, 6.45) is 3.62. The maximum absolute atomic E-state index is 5.25. The highest BCUT2D eigenvalue weighted by Gasteiger charge is 2.26. The van der Waals surface area contributed by atoms with Gasteiger partial charge in [0, 0.05) is 30.3 Å². The first kappa shape index (κ1) is 12.1. The Kier molecular flexibility index (Phi) is 3.35. The van der Waals surface area contributed by atoms with Gasteiger partial charge in [0.05, 0.1) is 0 Å². The van der Waals surface area contributed by atoms with Crippen LogP contribution in [0.1, 0.15) is 36.9 Å². The molecule has 1 aromatic rings. The highest BCUT2D eigenvalue weighted by molar-refractivity contribution is 7.71. The molecular weight excluding hydrogens is 244 g/mol. The molecule has 1 aromatic heterocycles. The second-order valence-corrected chi connectivity index (χ2v) is 5.58. The molecular formula is C13H20N4S. The number of hydrogen-bond acceptors (Lipinski definition) is 4. The lowest BCUT2D eigenvalue weighted by atomic mass is 9.91. The van der Waals surface area contributed by atoms with E-state index in [2.05, 4.69) is 27.1 Å². The largest absolute Gasteiger partial charge is 0.369 e. The lowest BCUT2D eigenvalue weighted by Crippen LogP contribution is -2.34. The van der Waals surface area contributed by atoms with Gasteiger partial charge in [0.15, 0.2) is 4.77 Å². The van der Waals surface area contributed by atoms with E-state index in [1.165, 1.54) is 30.6 Å². The molecule has 3 heterocycles. The molecule has 2 aliphatic heterocycles. The second kappa shape index (κ2) is 4.97. The van der Waals surface area contributed by atoms with E-state index in [9.17, 15) is 0 Å². The number of piperidine rings is 1. The van der Waals surface area contributed by atoms with Crippen LogP contribution in [0.25, 0.3) is 0 Å². The van der Waals surface area contributed by atoms with E-state index in [0.29, 0.717) is 10.7 Å². The summed E-state index contributed by atoms with van der Waals surface area (Å²) in [4.78, 5) is 10.3. The first-order valence-electron chi connectivity index (χ1n) is 6.87. The van der Waals surface area contributed by atoms with E-state index in [1.807, 2.05) is 0 Å². The molecule has 0 amide bonds. The first-order chi connectivity index (χ1) is 8.78. The number of fused-ring (bicyclic) bond motifs is 1. The van der Waals surface area contributed by atoms with Gasteiger partial charge in [-0.15, -0.1) is 0 Å². The zero-order chi connectivity index (χ0) is 12.5. The van der Waals surface area contributed by atoms with Crippen LogP contribution in [0, 0.1) is 4.77 Å². The van der Waals surface area contributed by atoms with Gasteiger partial charge in [-0.25, -0.2) is 4.98 Å². The van der Waals surface area contributed by atoms with Crippen molar-refractivity contribution in [2.75, 3.05) is 31.5 Å². The number of H-pyrrole nitrogens is 1. The van der Waals surface area contributed by atoms with Gasteiger partial charge in [0.1, 0.15) is 5.82 Å². The average Bonchev–Trinajstić information content (AvgIpc) is 2.85. The fourth-order valence-corrected chi connectivity index (χ4v) is 3.35. The number of hydrogen-bond donors (Lipinski definition) is 2. The molecule has 1 atom stereocenters. The van der Waals surface area contributed by atoms with E-state index in [0.717, 1.165) is 31.9 Å². The summed E-state index contributed by atoms with van der Waals surface area (Å²) in [6, 6.07) is 0. The summed E-state index contributed by atoms with van der Waals surface area (Å²) in [7, 11) is 0. The minimum absolute atomic E-state index is 0.594. The predicted molar refractivity (Wildman–Crippen MR) is 75.7 cm³/mol.